The number of nitrogens with zero attached hydrogens (tertiary/aromatic N) is 4. The van der Waals surface area contributed by atoms with Gasteiger partial charge in [-0.3, -0.25) is 14.2 Å². The molecule has 0 N–H and O–H groups in total. The Morgan fingerprint density at radius 1 is 1.19 bits per heavy atom. The number of benzene rings is 1. The maximum atomic E-state index is 12.4. The number of fused-ring (bicyclic) bond motifs is 1. The van der Waals surface area contributed by atoms with E-state index in [4.69, 9.17) is 0 Å². The van der Waals surface area contributed by atoms with Gasteiger partial charge in [0.25, 0.3) is 5.56 Å². The maximum absolute atomic E-state index is 12.4. The van der Waals surface area contributed by atoms with Crippen LogP contribution in [0.4, 0.5) is 0 Å². The topological polar surface area (TPSA) is 58.4 Å². The number of hydrogen-bond donors (Lipinski definition) is 0. The highest BCUT2D eigenvalue weighted by atomic mass is 16.2. The van der Waals surface area contributed by atoms with E-state index in [0.717, 1.165) is 18.6 Å². The second kappa shape index (κ2) is 5.65. The summed E-state index contributed by atoms with van der Waals surface area (Å²) in [5.41, 5.74) is 1.19. The van der Waals surface area contributed by atoms with Crippen molar-refractivity contribution >= 4 is 16.9 Å². The number of carbonyl (C=O) groups is 1. The molecule has 1 aromatic carbocycles. The zero-order chi connectivity index (χ0) is 14.8. The summed E-state index contributed by atoms with van der Waals surface area (Å²) in [6.45, 7) is 3.25. The Kier molecular flexibility index (Phi) is 3.70. The molecule has 0 bridgehead atoms. The molecule has 0 saturated carbocycles. The van der Waals surface area contributed by atoms with Crippen LogP contribution < -0.4 is 5.56 Å². The summed E-state index contributed by atoms with van der Waals surface area (Å²) in [6.07, 6.45) is 1.28. The largest absolute Gasteiger partial charge is 0.339 e. The predicted molar refractivity (Wildman–Crippen MR) is 80.1 cm³/mol. The monoisotopic (exact) mass is 286 g/mol. The van der Waals surface area contributed by atoms with Crippen molar-refractivity contribution in [3.8, 4) is 0 Å². The van der Waals surface area contributed by atoms with E-state index in [2.05, 4.69) is 9.88 Å². The highest BCUT2D eigenvalue weighted by Gasteiger charge is 2.20. The van der Waals surface area contributed by atoms with E-state index in [0.29, 0.717) is 18.6 Å². The summed E-state index contributed by atoms with van der Waals surface area (Å²) in [5, 5.41) is 0. The Bertz CT molecular complexity index is 717. The third-order valence-corrected chi connectivity index (χ3v) is 3.90. The maximum Gasteiger partial charge on any atom is 0.269 e. The lowest BCUT2D eigenvalue weighted by Crippen LogP contribution is -2.48. The van der Waals surface area contributed by atoms with E-state index < -0.39 is 0 Å². The van der Waals surface area contributed by atoms with Crippen molar-refractivity contribution in [1.29, 1.82) is 0 Å². The van der Waals surface area contributed by atoms with E-state index in [9.17, 15) is 9.59 Å². The molecule has 0 unspecified atom stereocenters. The number of rotatable bonds is 2. The number of aromatic nitrogens is 2. The lowest BCUT2D eigenvalue weighted by molar-refractivity contribution is -0.133. The van der Waals surface area contributed by atoms with Crippen molar-refractivity contribution in [2.45, 2.75) is 6.54 Å². The van der Waals surface area contributed by atoms with Gasteiger partial charge < -0.3 is 9.80 Å². The van der Waals surface area contributed by atoms with Crippen LogP contribution in [0, 0.1) is 0 Å². The van der Waals surface area contributed by atoms with Crippen LogP contribution in [0.15, 0.2) is 35.3 Å². The van der Waals surface area contributed by atoms with E-state index >= 15 is 0 Å². The van der Waals surface area contributed by atoms with E-state index in [1.54, 1.807) is 0 Å². The third kappa shape index (κ3) is 2.80. The summed E-state index contributed by atoms with van der Waals surface area (Å²) < 4.78 is 1.50. The Morgan fingerprint density at radius 3 is 2.67 bits per heavy atom. The standard InChI is InChI=1S/C15H18N4O2/c1-17-6-8-18(9-7-17)15(21)11-19-13-5-3-2-4-12(13)16-10-14(19)20/h2-5,10H,6-9,11H2,1H3. The molecule has 1 amide bonds. The van der Waals surface area contributed by atoms with Crippen LogP contribution in [0.5, 0.6) is 0 Å². The molecule has 110 valence electrons. The Balaban J connectivity index is 1.86. The first-order chi connectivity index (χ1) is 10.1. The van der Waals surface area contributed by atoms with Gasteiger partial charge >= 0.3 is 0 Å². The number of para-hydroxylation sites is 2. The predicted octanol–water partition coefficient (Wildman–Crippen LogP) is 0.171. The van der Waals surface area contributed by atoms with Crippen LogP contribution in [0.3, 0.4) is 0 Å². The lowest BCUT2D eigenvalue weighted by atomic mass is 10.3. The zero-order valence-electron chi connectivity index (χ0n) is 12.0. The molecule has 1 aliphatic rings. The normalized spacial score (nSPS) is 16.3. The van der Waals surface area contributed by atoms with Crippen molar-refractivity contribution in [3.63, 3.8) is 0 Å². The van der Waals surface area contributed by atoms with Gasteiger partial charge in [-0.1, -0.05) is 12.1 Å². The minimum atomic E-state index is -0.240. The third-order valence-electron chi connectivity index (χ3n) is 3.90. The van der Waals surface area contributed by atoms with Gasteiger partial charge in [0.05, 0.1) is 17.2 Å². The molecule has 1 fully saturated rings. The van der Waals surface area contributed by atoms with Gasteiger partial charge in [0.2, 0.25) is 5.91 Å². The summed E-state index contributed by atoms with van der Waals surface area (Å²) >= 11 is 0. The first kappa shape index (κ1) is 13.8. The number of likely N-dealkylation sites (N-methyl/N-ethyl adjacent to an activating group) is 1. The molecular weight excluding hydrogens is 268 g/mol. The van der Waals surface area contributed by atoms with Crippen molar-refractivity contribution in [2.24, 2.45) is 0 Å². The summed E-state index contributed by atoms with van der Waals surface area (Å²) in [5.74, 6) is -0.0125. The van der Waals surface area contributed by atoms with E-state index in [-0.39, 0.29) is 18.0 Å². The van der Waals surface area contributed by atoms with Gasteiger partial charge in [-0.2, -0.15) is 0 Å². The van der Waals surface area contributed by atoms with E-state index in [1.165, 1.54) is 10.8 Å². The Labute approximate surface area is 122 Å². The number of piperazine rings is 1. The van der Waals surface area contributed by atoms with Crippen LogP contribution in [0.2, 0.25) is 0 Å². The molecule has 3 rings (SSSR count). The summed E-state index contributed by atoms with van der Waals surface area (Å²) in [6, 6.07) is 7.37. The molecule has 1 saturated heterocycles. The van der Waals surface area contributed by atoms with Gasteiger partial charge in [-0.15, -0.1) is 0 Å². The number of amides is 1. The molecular formula is C15H18N4O2. The number of carbonyl (C=O) groups excluding carboxylic acids is 1. The first-order valence-electron chi connectivity index (χ1n) is 7.06. The first-order valence-corrected chi connectivity index (χ1v) is 7.06. The highest BCUT2D eigenvalue weighted by molar-refractivity contribution is 5.80. The fourth-order valence-electron chi connectivity index (χ4n) is 2.57. The average molecular weight is 286 g/mol. The van der Waals surface area contributed by atoms with Crippen LogP contribution >= 0.6 is 0 Å². The Hall–Kier alpha value is -2.21. The molecule has 6 heteroatoms. The summed E-state index contributed by atoms with van der Waals surface area (Å²) in [4.78, 5) is 32.5. The molecule has 21 heavy (non-hydrogen) atoms. The molecule has 2 aromatic rings. The van der Waals surface area contributed by atoms with Gasteiger partial charge in [-0.25, -0.2) is 4.98 Å². The molecule has 0 atom stereocenters. The highest BCUT2D eigenvalue weighted by Crippen LogP contribution is 2.09. The molecule has 6 nitrogen and oxygen atoms in total. The second-order valence-corrected chi connectivity index (χ2v) is 5.36. The van der Waals surface area contributed by atoms with Gasteiger partial charge in [0, 0.05) is 26.2 Å². The quantitative estimate of drug-likeness (QED) is 0.790. The smallest absolute Gasteiger partial charge is 0.269 e. The van der Waals surface area contributed by atoms with Crippen LogP contribution in [-0.2, 0) is 11.3 Å². The minimum absolute atomic E-state index is 0.0125. The molecule has 2 heterocycles. The fraction of sp³-hybridized carbons (Fsp3) is 0.400. The van der Waals surface area contributed by atoms with Crippen LogP contribution in [0.1, 0.15) is 0 Å². The number of hydrogen-bond acceptors (Lipinski definition) is 4. The van der Waals surface area contributed by atoms with Gasteiger partial charge in [0.1, 0.15) is 6.54 Å². The van der Waals surface area contributed by atoms with Crippen LogP contribution in [-0.4, -0.2) is 58.5 Å². The minimum Gasteiger partial charge on any atom is -0.339 e. The SMILES string of the molecule is CN1CCN(C(=O)Cn2c(=O)cnc3ccccc32)CC1. The lowest BCUT2D eigenvalue weighted by Gasteiger charge is -2.32. The van der Waals surface area contributed by atoms with E-state index in [1.807, 2.05) is 36.2 Å². The molecule has 0 spiro atoms. The average Bonchev–Trinajstić information content (AvgIpc) is 2.51. The van der Waals surface area contributed by atoms with Crippen LogP contribution in [0.25, 0.3) is 11.0 Å². The van der Waals surface area contributed by atoms with Crippen molar-refractivity contribution in [1.82, 2.24) is 19.4 Å². The summed E-state index contributed by atoms with van der Waals surface area (Å²) in [7, 11) is 2.04. The molecule has 1 aliphatic heterocycles. The molecule has 1 aromatic heterocycles. The van der Waals surface area contributed by atoms with Crippen molar-refractivity contribution < 1.29 is 4.79 Å². The Morgan fingerprint density at radius 2 is 1.90 bits per heavy atom. The second-order valence-electron chi connectivity index (χ2n) is 5.36. The van der Waals surface area contributed by atoms with Gasteiger partial charge in [-0.05, 0) is 19.2 Å². The van der Waals surface area contributed by atoms with Gasteiger partial charge in [0.15, 0.2) is 0 Å². The fourth-order valence-corrected chi connectivity index (χ4v) is 2.57. The van der Waals surface area contributed by atoms with Crippen molar-refractivity contribution in [2.75, 3.05) is 33.2 Å². The molecule has 0 radical (unpaired) electrons. The van der Waals surface area contributed by atoms with Crippen molar-refractivity contribution in [3.05, 3.63) is 40.8 Å². The molecule has 0 aliphatic carbocycles. The zero-order valence-corrected chi connectivity index (χ0v) is 12.0.